The minimum Gasteiger partial charge on any atom is -0.496 e. The third kappa shape index (κ3) is 2.23. The maximum atomic E-state index is 8.84. The molecule has 2 nitrogen and oxygen atoms in total. The van der Waals surface area contributed by atoms with E-state index in [1.54, 1.807) is 19.2 Å². The summed E-state index contributed by atoms with van der Waals surface area (Å²) in [5, 5.41) is 8.84. The van der Waals surface area contributed by atoms with Crippen molar-refractivity contribution in [2.45, 2.75) is 3.74 Å². The fraction of sp³-hybridized carbons (Fsp3) is 0.222. The van der Waals surface area contributed by atoms with E-state index in [4.69, 9.17) is 10.00 Å². The second-order valence-electron chi connectivity index (χ2n) is 2.33. The van der Waals surface area contributed by atoms with E-state index in [9.17, 15) is 0 Å². The van der Waals surface area contributed by atoms with Crippen LogP contribution in [-0.4, -0.2) is 7.11 Å². The summed E-state index contributed by atoms with van der Waals surface area (Å²) in [4.78, 5) is 0. The molecule has 0 N–H and O–H groups in total. The van der Waals surface area contributed by atoms with Crippen LogP contribution in [0.15, 0.2) is 18.2 Å². The molecule has 1 aromatic carbocycles. The highest BCUT2D eigenvalue weighted by molar-refractivity contribution is 9.24. The number of nitrogens with zero attached hydrogens (tertiary/aromatic N) is 1. The Morgan fingerprint density at radius 1 is 1.46 bits per heavy atom. The summed E-state index contributed by atoms with van der Waals surface area (Å²) in [6.45, 7) is 0. The number of halogens is 2. The Labute approximate surface area is 93.8 Å². The molecule has 0 spiro atoms. The van der Waals surface area contributed by atoms with Gasteiger partial charge in [0.05, 0.1) is 22.5 Å². The first-order valence-corrected chi connectivity index (χ1v) is 5.39. The van der Waals surface area contributed by atoms with Crippen LogP contribution in [0.25, 0.3) is 0 Å². The van der Waals surface area contributed by atoms with E-state index in [-0.39, 0.29) is 3.74 Å². The first-order chi connectivity index (χ1) is 6.20. The molecule has 1 rings (SSSR count). The molecule has 0 aromatic heterocycles. The SMILES string of the molecule is COc1cccc(C#N)c1C(Br)Br. The van der Waals surface area contributed by atoms with Crippen molar-refractivity contribution in [2.75, 3.05) is 7.11 Å². The van der Waals surface area contributed by atoms with Gasteiger partial charge in [-0.15, -0.1) is 0 Å². The molecule has 0 amide bonds. The molecule has 0 aliphatic heterocycles. The molecule has 1 aromatic rings. The molecule has 0 heterocycles. The lowest BCUT2D eigenvalue weighted by molar-refractivity contribution is 0.411. The first-order valence-electron chi connectivity index (χ1n) is 3.56. The van der Waals surface area contributed by atoms with E-state index < -0.39 is 0 Å². The molecule has 13 heavy (non-hydrogen) atoms. The average Bonchev–Trinajstić information content (AvgIpc) is 2.16. The van der Waals surface area contributed by atoms with Gasteiger partial charge in [0.25, 0.3) is 0 Å². The minimum atomic E-state index is -0.0641. The Kier molecular flexibility index (Phi) is 3.76. The summed E-state index contributed by atoms with van der Waals surface area (Å²) >= 11 is 6.70. The van der Waals surface area contributed by atoms with Gasteiger partial charge < -0.3 is 4.74 Å². The maximum Gasteiger partial charge on any atom is 0.125 e. The van der Waals surface area contributed by atoms with Crippen molar-refractivity contribution >= 4 is 31.9 Å². The van der Waals surface area contributed by atoms with E-state index in [2.05, 4.69) is 37.9 Å². The van der Waals surface area contributed by atoms with Gasteiger partial charge in [0.15, 0.2) is 0 Å². The Bertz CT molecular complexity index is 344. The third-order valence-electron chi connectivity index (χ3n) is 1.62. The molecule has 0 unspecified atom stereocenters. The van der Waals surface area contributed by atoms with Gasteiger partial charge >= 0.3 is 0 Å². The zero-order valence-electron chi connectivity index (χ0n) is 6.92. The van der Waals surface area contributed by atoms with Crippen molar-refractivity contribution < 1.29 is 4.74 Å². The van der Waals surface area contributed by atoms with E-state index in [0.717, 1.165) is 5.56 Å². The first kappa shape index (κ1) is 10.6. The number of hydrogen-bond donors (Lipinski definition) is 0. The van der Waals surface area contributed by atoms with Crippen LogP contribution in [0.1, 0.15) is 14.9 Å². The van der Waals surface area contributed by atoms with Crippen molar-refractivity contribution in [3.8, 4) is 11.8 Å². The summed E-state index contributed by atoms with van der Waals surface area (Å²) in [6.07, 6.45) is 0. The average molecular weight is 305 g/mol. The van der Waals surface area contributed by atoms with Crippen LogP contribution in [0.4, 0.5) is 0 Å². The minimum absolute atomic E-state index is 0.0641. The predicted molar refractivity (Wildman–Crippen MR) is 58.3 cm³/mol. The number of hydrogen-bond acceptors (Lipinski definition) is 2. The van der Waals surface area contributed by atoms with Crippen molar-refractivity contribution in [1.29, 1.82) is 5.26 Å². The summed E-state index contributed by atoms with van der Waals surface area (Å²) < 4.78 is 5.07. The van der Waals surface area contributed by atoms with Gasteiger partial charge in [-0.1, -0.05) is 37.9 Å². The highest BCUT2D eigenvalue weighted by atomic mass is 79.9. The van der Waals surface area contributed by atoms with Crippen LogP contribution in [0.2, 0.25) is 0 Å². The van der Waals surface area contributed by atoms with Gasteiger partial charge in [-0.05, 0) is 12.1 Å². The second-order valence-corrected chi connectivity index (χ2v) is 5.39. The Morgan fingerprint density at radius 3 is 2.62 bits per heavy atom. The molecule has 0 saturated heterocycles. The van der Waals surface area contributed by atoms with E-state index in [0.29, 0.717) is 11.3 Å². The van der Waals surface area contributed by atoms with Gasteiger partial charge in [0, 0.05) is 5.56 Å². The lowest BCUT2D eigenvalue weighted by atomic mass is 10.1. The summed E-state index contributed by atoms with van der Waals surface area (Å²) in [5.41, 5.74) is 1.44. The van der Waals surface area contributed by atoms with Gasteiger partial charge in [0.1, 0.15) is 5.75 Å². The smallest absolute Gasteiger partial charge is 0.125 e. The normalized spacial score (nSPS) is 9.77. The highest BCUT2D eigenvalue weighted by Crippen LogP contribution is 2.37. The molecule has 0 bridgehead atoms. The third-order valence-corrected chi connectivity index (χ3v) is 2.54. The van der Waals surface area contributed by atoms with Crippen molar-refractivity contribution in [3.63, 3.8) is 0 Å². The van der Waals surface area contributed by atoms with Crippen LogP contribution in [-0.2, 0) is 0 Å². The zero-order chi connectivity index (χ0) is 9.84. The highest BCUT2D eigenvalue weighted by Gasteiger charge is 2.14. The number of ether oxygens (including phenoxy) is 1. The molecule has 68 valence electrons. The Balaban J connectivity index is 3.32. The maximum absolute atomic E-state index is 8.84. The zero-order valence-corrected chi connectivity index (χ0v) is 10.1. The van der Waals surface area contributed by atoms with Crippen molar-refractivity contribution in [1.82, 2.24) is 0 Å². The van der Waals surface area contributed by atoms with Crippen molar-refractivity contribution in [2.24, 2.45) is 0 Å². The molecule has 0 radical (unpaired) electrons. The van der Waals surface area contributed by atoms with Crippen LogP contribution in [0.5, 0.6) is 5.75 Å². The number of alkyl halides is 2. The molecule has 4 heteroatoms. The number of rotatable bonds is 2. The number of nitriles is 1. The van der Waals surface area contributed by atoms with Crippen LogP contribution >= 0.6 is 31.9 Å². The molecular formula is C9H7Br2NO. The quantitative estimate of drug-likeness (QED) is 0.785. The van der Waals surface area contributed by atoms with Crippen LogP contribution in [0.3, 0.4) is 0 Å². The largest absolute Gasteiger partial charge is 0.496 e. The predicted octanol–water partition coefficient (Wildman–Crippen LogP) is 3.36. The summed E-state index contributed by atoms with van der Waals surface area (Å²) in [5.74, 6) is 0.706. The lowest BCUT2D eigenvalue weighted by Crippen LogP contribution is -1.94. The van der Waals surface area contributed by atoms with Gasteiger partial charge in [-0.2, -0.15) is 5.26 Å². The van der Waals surface area contributed by atoms with Crippen LogP contribution < -0.4 is 4.74 Å². The second kappa shape index (κ2) is 4.64. The fourth-order valence-corrected chi connectivity index (χ4v) is 1.99. The molecular weight excluding hydrogens is 298 g/mol. The van der Waals surface area contributed by atoms with Gasteiger partial charge in [0.2, 0.25) is 0 Å². The topological polar surface area (TPSA) is 33.0 Å². The summed E-state index contributed by atoms with van der Waals surface area (Å²) in [6, 6.07) is 7.49. The monoisotopic (exact) mass is 303 g/mol. The van der Waals surface area contributed by atoms with Crippen LogP contribution in [0, 0.1) is 11.3 Å². The van der Waals surface area contributed by atoms with Gasteiger partial charge in [-0.3, -0.25) is 0 Å². The molecule has 0 saturated carbocycles. The molecule has 0 fully saturated rings. The Morgan fingerprint density at radius 2 is 2.15 bits per heavy atom. The molecule has 0 atom stereocenters. The van der Waals surface area contributed by atoms with E-state index in [1.165, 1.54) is 0 Å². The van der Waals surface area contributed by atoms with Gasteiger partial charge in [-0.25, -0.2) is 0 Å². The van der Waals surface area contributed by atoms with E-state index >= 15 is 0 Å². The molecule has 0 aliphatic rings. The lowest BCUT2D eigenvalue weighted by Gasteiger charge is -2.10. The Hall–Kier alpha value is -0.530. The van der Waals surface area contributed by atoms with Crippen molar-refractivity contribution in [3.05, 3.63) is 29.3 Å². The fourth-order valence-electron chi connectivity index (χ4n) is 1.04. The number of methoxy groups -OCH3 is 1. The summed E-state index contributed by atoms with van der Waals surface area (Å²) in [7, 11) is 1.59. The standard InChI is InChI=1S/C9H7Br2NO/c1-13-7-4-2-3-6(5-12)8(7)9(10)11/h2-4,9H,1H3. The number of benzene rings is 1. The van der Waals surface area contributed by atoms with E-state index in [1.807, 2.05) is 6.07 Å². The molecule has 0 aliphatic carbocycles.